The van der Waals surface area contributed by atoms with Crippen LogP contribution in [-0.4, -0.2) is 20.0 Å². The Bertz CT molecular complexity index is 1060. The van der Waals surface area contributed by atoms with E-state index in [1.807, 2.05) is 6.07 Å². The summed E-state index contributed by atoms with van der Waals surface area (Å²) in [6, 6.07) is 7.97. The summed E-state index contributed by atoms with van der Waals surface area (Å²) in [4.78, 5) is 12.2. The molecule has 1 saturated carbocycles. The number of aromatic nitrogens is 4. The molecule has 0 saturated heterocycles. The van der Waals surface area contributed by atoms with Crippen LogP contribution in [0.15, 0.2) is 44.0 Å². The smallest absolute Gasteiger partial charge is 0.419 e. The molecule has 1 aromatic carbocycles. The largest absolute Gasteiger partial charge is 0.421 e. The Hall–Kier alpha value is -2.49. The fourth-order valence-electron chi connectivity index (χ4n) is 2.63. The maximum atomic E-state index is 13.2. The van der Waals surface area contributed by atoms with Crippen molar-refractivity contribution in [3.05, 3.63) is 62.3 Å². The zero-order valence-corrected chi connectivity index (χ0v) is 15.3. The molecule has 0 unspecified atom stereocenters. The van der Waals surface area contributed by atoms with E-state index in [1.54, 1.807) is 18.2 Å². The van der Waals surface area contributed by atoms with E-state index in [0.717, 1.165) is 28.1 Å². The molecular formula is C17H12BrF3N4O2. The maximum Gasteiger partial charge on any atom is 0.421 e. The van der Waals surface area contributed by atoms with Crippen LogP contribution in [0.2, 0.25) is 0 Å². The molecule has 4 rings (SSSR count). The molecular weight excluding hydrogens is 429 g/mol. The first kappa shape index (κ1) is 17.9. The second-order valence-corrected chi connectivity index (χ2v) is 7.14. The average Bonchev–Trinajstić information content (AvgIpc) is 3.35. The first-order valence-corrected chi connectivity index (χ1v) is 8.88. The molecule has 1 fully saturated rings. The Kier molecular flexibility index (Phi) is 4.37. The molecule has 0 amide bonds. The van der Waals surface area contributed by atoms with Crippen molar-refractivity contribution in [3.63, 3.8) is 0 Å². The van der Waals surface area contributed by atoms with E-state index in [9.17, 15) is 18.0 Å². The molecule has 0 N–H and O–H groups in total. The van der Waals surface area contributed by atoms with Crippen molar-refractivity contribution in [2.45, 2.75) is 31.5 Å². The maximum absolute atomic E-state index is 13.2. The third-order valence-corrected chi connectivity index (χ3v) is 4.61. The van der Waals surface area contributed by atoms with Gasteiger partial charge in [0.2, 0.25) is 11.8 Å². The second kappa shape index (κ2) is 6.59. The molecule has 1 aliphatic carbocycles. The third kappa shape index (κ3) is 3.80. The summed E-state index contributed by atoms with van der Waals surface area (Å²) < 4.78 is 46.6. The summed E-state index contributed by atoms with van der Waals surface area (Å²) in [5.74, 6) is 0.159. The predicted molar refractivity (Wildman–Crippen MR) is 92.0 cm³/mol. The van der Waals surface area contributed by atoms with Crippen molar-refractivity contribution >= 4 is 15.9 Å². The van der Waals surface area contributed by atoms with Gasteiger partial charge in [0.05, 0.1) is 5.69 Å². The van der Waals surface area contributed by atoms with E-state index in [4.69, 9.17) is 4.42 Å². The van der Waals surface area contributed by atoms with Crippen LogP contribution in [0.3, 0.4) is 0 Å². The van der Waals surface area contributed by atoms with Crippen LogP contribution in [0.4, 0.5) is 13.2 Å². The number of nitrogens with zero attached hydrogens (tertiary/aromatic N) is 4. The van der Waals surface area contributed by atoms with Crippen LogP contribution < -0.4 is 5.56 Å². The molecule has 1 aliphatic rings. The number of hydrogen-bond acceptors (Lipinski definition) is 5. The molecule has 0 aliphatic heterocycles. The summed E-state index contributed by atoms with van der Waals surface area (Å²) in [6.45, 7) is -0.330. The highest BCUT2D eigenvalue weighted by atomic mass is 79.9. The first-order valence-electron chi connectivity index (χ1n) is 8.09. The van der Waals surface area contributed by atoms with Crippen molar-refractivity contribution in [2.75, 3.05) is 0 Å². The van der Waals surface area contributed by atoms with Gasteiger partial charge in [0.25, 0.3) is 5.56 Å². The molecule has 0 spiro atoms. The van der Waals surface area contributed by atoms with Crippen LogP contribution >= 0.6 is 15.9 Å². The third-order valence-electron chi connectivity index (χ3n) is 4.12. The molecule has 10 heteroatoms. The summed E-state index contributed by atoms with van der Waals surface area (Å²) in [5.41, 5.74) is -1.56. The van der Waals surface area contributed by atoms with Crippen molar-refractivity contribution < 1.29 is 17.6 Å². The molecule has 2 aromatic heterocycles. The summed E-state index contributed by atoms with van der Waals surface area (Å²) >= 11 is 3.33. The summed E-state index contributed by atoms with van der Waals surface area (Å²) in [6.07, 6.45) is -3.23. The fraction of sp³-hybridized carbons (Fsp3) is 0.294. The van der Waals surface area contributed by atoms with Crippen molar-refractivity contribution in [1.82, 2.24) is 20.0 Å². The highest BCUT2D eigenvalue weighted by Crippen LogP contribution is 2.40. The second-order valence-electron chi connectivity index (χ2n) is 6.23. The minimum absolute atomic E-state index is 0.000599. The predicted octanol–water partition coefficient (Wildman–Crippen LogP) is 4.00. The monoisotopic (exact) mass is 440 g/mol. The van der Waals surface area contributed by atoms with Gasteiger partial charge in [-0.05, 0) is 37.1 Å². The highest BCUT2D eigenvalue weighted by molar-refractivity contribution is 9.10. The minimum Gasteiger partial charge on any atom is -0.419 e. The van der Waals surface area contributed by atoms with E-state index >= 15 is 0 Å². The van der Waals surface area contributed by atoms with Gasteiger partial charge < -0.3 is 4.42 Å². The van der Waals surface area contributed by atoms with Gasteiger partial charge in [0.1, 0.15) is 12.1 Å². The number of halogens is 4. The van der Waals surface area contributed by atoms with Crippen LogP contribution in [0.25, 0.3) is 11.5 Å². The van der Waals surface area contributed by atoms with E-state index in [2.05, 4.69) is 31.2 Å². The van der Waals surface area contributed by atoms with Crippen molar-refractivity contribution in [1.29, 1.82) is 0 Å². The molecule has 0 radical (unpaired) electrons. The summed E-state index contributed by atoms with van der Waals surface area (Å²) in [5, 5.41) is 11.8. The van der Waals surface area contributed by atoms with Gasteiger partial charge in [0, 0.05) is 16.0 Å². The molecule has 0 atom stereocenters. The Morgan fingerprint density at radius 2 is 2.00 bits per heavy atom. The lowest BCUT2D eigenvalue weighted by molar-refractivity contribution is -0.139. The van der Waals surface area contributed by atoms with Crippen LogP contribution in [0.5, 0.6) is 0 Å². The topological polar surface area (TPSA) is 73.8 Å². The van der Waals surface area contributed by atoms with Gasteiger partial charge in [-0.15, -0.1) is 10.2 Å². The molecule has 27 heavy (non-hydrogen) atoms. The molecule has 6 nitrogen and oxygen atoms in total. The van der Waals surface area contributed by atoms with E-state index < -0.39 is 17.3 Å². The van der Waals surface area contributed by atoms with E-state index in [-0.39, 0.29) is 29.9 Å². The standard InChI is InChI=1S/C17H12BrF3N4O2/c18-11-3-1-2-10(6-11)15-23-22-14(27-15)8-25-16(26)12(17(19,20)21)7-13(24-25)9-4-5-9/h1-3,6-7,9H,4-5,8H2. The minimum atomic E-state index is -4.75. The van der Waals surface area contributed by atoms with Gasteiger partial charge in [-0.2, -0.15) is 18.3 Å². The van der Waals surface area contributed by atoms with E-state index in [1.165, 1.54) is 0 Å². The number of alkyl halides is 3. The first-order chi connectivity index (χ1) is 12.8. The van der Waals surface area contributed by atoms with Gasteiger partial charge in [-0.1, -0.05) is 22.0 Å². The lowest BCUT2D eigenvalue weighted by Gasteiger charge is -2.11. The molecule has 2 heterocycles. The lowest BCUT2D eigenvalue weighted by atomic mass is 10.2. The van der Waals surface area contributed by atoms with Crippen LogP contribution in [0, 0.1) is 0 Å². The van der Waals surface area contributed by atoms with Gasteiger partial charge in [-0.3, -0.25) is 4.79 Å². The Morgan fingerprint density at radius 3 is 2.67 bits per heavy atom. The van der Waals surface area contributed by atoms with E-state index in [0.29, 0.717) is 5.56 Å². The van der Waals surface area contributed by atoms with Crippen molar-refractivity contribution in [2.24, 2.45) is 0 Å². The highest BCUT2D eigenvalue weighted by Gasteiger charge is 2.37. The normalized spacial score (nSPS) is 14.5. The molecule has 140 valence electrons. The van der Waals surface area contributed by atoms with Gasteiger partial charge >= 0.3 is 6.18 Å². The van der Waals surface area contributed by atoms with Gasteiger partial charge in [-0.25, -0.2) is 4.68 Å². The van der Waals surface area contributed by atoms with Crippen LogP contribution in [-0.2, 0) is 12.7 Å². The van der Waals surface area contributed by atoms with Gasteiger partial charge in [0.15, 0.2) is 0 Å². The number of hydrogen-bond donors (Lipinski definition) is 0. The summed E-state index contributed by atoms with van der Waals surface area (Å²) in [7, 11) is 0. The quantitative estimate of drug-likeness (QED) is 0.612. The van der Waals surface area contributed by atoms with Crippen LogP contribution in [0.1, 0.15) is 35.9 Å². The number of rotatable bonds is 4. The Morgan fingerprint density at radius 1 is 1.22 bits per heavy atom. The molecule has 0 bridgehead atoms. The average molecular weight is 441 g/mol. The number of benzene rings is 1. The SMILES string of the molecule is O=c1c(C(F)(F)F)cc(C2CC2)nn1Cc1nnc(-c2cccc(Br)c2)o1. The Labute approximate surface area is 159 Å². The lowest BCUT2D eigenvalue weighted by Crippen LogP contribution is -2.31. The zero-order valence-electron chi connectivity index (χ0n) is 13.7. The zero-order chi connectivity index (χ0) is 19.2. The van der Waals surface area contributed by atoms with Crippen molar-refractivity contribution in [3.8, 4) is 11.5 Å². The fourth-order valence-corrected chi connectivity index (χ4v) is 3.03. The Balaban J connectivity index is 1.69. The molecule has 3 aromatic rings.